The lowest BCUT2D eigenvalue weighted by molar-refractivity contribution is 0.0700. The summed E-state index contributed by atoms with van der Waals surface area (Å²) in [7, 11) is 1.79. The molecule has 0 aliphatic carbocycles. The van der Waals surface area contributed by atoms with Crippen LogP contribution in [0.4, 0.5) is 0 Å². The first-order chi connectivity index (χ1) is 5.85. The van der Waals surface area contributed by atoms with Crippen LogP contribution in [0.3, 0.4) is 0 Å². The number of morpholine rings is 1. The lowest BCUT2D eigenvalue weighted by Gasteiger charge is -2.23. The van der Waals surface area contributed by atoms with Gasteiger partial charge < -0.3 is 9.64 Å². The monoisotopic (exact) mass is 172 g/mol. The molecule has 1 saturated heterocycles. The number of aliphatic imine (C=N–C) groups is 1. The summed E-state index contributed by atoms with van der Waals surface area (Å²) in [6, 6.07) is 0. The maximum Gasteiger partial charge on any atom is 0.0847 e. The van der Waals surface area contributed by atoms with Gasteiger partial charge in [0, 0.05) is 20.1 Å². The first kappa shape index (κ1) is 11.4. The van der Waals surface area contributed by atoms with Crippen LogP contribution >= 0.6 is 0 Å². The lowest BCUT2D eigenvalue weighted by Crippen LogP contribution is -2.34. The van der Waals surface area contributed by atoms with Gasteiger partial charge in [-0.2, -0.15) is 0 Å². The van der Waals surface area contributed by atoms with Crippen LogP contribution in [0.5, 0.6) is 0 Å². The first-order valence-corrected chi connectivity index (χ1v) is 4.59. The lowest BCUT2D eigenvalue weighted by atomic mass is 10.5. The topological polar surface area (TPSA) is 24.8 Å². The zero-order valence-electron chi connectivity index (χ0n) is 8.42. The van der Waals surface area contributed by atoms with E-state index in [1.165, 1.54) is 6.42 Å². The van der Waals surface area contributed by atoms with E-state index in [-0.39, 0.29) is 0 Å². The van der Waals surface area contributed by atoms with Gasteiger partial charge in [0.25, 0.3) is 0 Å². The van der Waals surface area contributed by atoms with E-state index in [9.17, 15) is 0 Å². The Morgan fingerprint density at radius 3 is 2.25 bits per heavy atom. The van der Waals surface area contributed by atoms with Crippen molar-refractivity contribution in [2.75, 3.05) is 33.4 Å². The van der Waals surface area contributed by atoms with Crippen LogP contribution in [0.2, 0.25) is 0 Å². The third-order valence-corrected chi connectivity index (χ3v) is 1.32. The van der Waals surface area contributed by atoms with Crippen LogP contribution in [0.15, 0.2) is 4.99 Å². The van der Waals surface area contributed by atoms with Gasteiger partial charge in [0.05, 0.1) is 19.6 Å². The van der Waals surface area contributed by atoms with E-state index in [1.807, 2.05) is 6.34 Å². The third-order valence-electron chi connectivity index (χ3n) is 1.32. The van der Waals surface area contributed by atoms with Crippen molar-refractivity contribution in [2.45, 2.75) is 20.3 Å². The maximum absolute atomic E-state index is 5.14. The molecule has 3 heteroatoms. The van der Waals surface area contributed by atoms with E-state index in [4.69, 9.17) is 4.74 Å². The standard InChI is InChI=1S/C6H12N2O.C3H8/c1-7-6-8-2-4-9-5-3-8;1-3-2/h6H,2-5H2,1H3;3H2,1-2H3. The fourth-order valence-electron chi connectivity index (χ4n) is 0.856. The molecule has 0 saturated carbocycles. The SMILES string of the molecule is CCC.CN=CN1CCOCC1. The van der Waals surface area contributed by atoms with E-state index in [0.29, 0.717) is 0 Å². The molecule has 1 fully saturated rings. The van der Waals surface area contributed by atoms with Gasteiger partial charge >= 0.3 is 0 Å². The molecule has 0 aromatic rings. The van der Waals surface area contributed by atoms with Gasteiger partial charge in [-0.1, -0.05) is 20.3 Å². The van der Waals surface area contributed by atoms with Crippen molar-refractivity contribution in [1.82, 2.24) is 4.90 Å². The van der Waals surface area contributed by atoms with E-state index in [0.717, 1.165) is 26.3 Å². The van der Waals surface area contributed by atoms with Crippen molar-refractivity contribution in [2.24, 2.45) is 4.99 Å². The van der Waals surface area contributed by atoms with Crippen LogP contribution in [0.25, 0.3) is 0 Å². The summed E-state index contributed by atoms with van der Waals surface area (Å²) < 4.78 is 5.14. The first-order valence-electron chi connectivity index (χ1n) is 4.59. The van der Waals surface area contributed by atoms with Gasteiger partial charge in [-0.15, -0.1) is 0 Å². The van der Waals surface area contributed by atoms with Crippen LogP contribution in [-0.4, -0.2) is 44.6 Å². The smallest absolute Gasteiger partial charge is 0.0847 e. The molecule has 1 aliphatic heterocycles. The molecule has 0 unspecified atom stereocenters. The van der Waals surface area contributed by atoms with Crippen LogP contribution in [0.1, 0.15) is 20.3 Å². The Balaban J connectivity index is 0.000000354. The highest BCUT2D eigenvalue weighted by Gasteiger charge is 2.04. The molecule has 0 aromatic carbocycles. The van der Waals surface area contributed by atoms with Crippen molar-refractivity contribution in [3.8, 4) is 0 Å². The molecular formula is C9H20N2O. The fourth-order valence-corrected chi connectivity index (χ4v) is 0.856. The molecule has 1 rings (SSSR count). The Kier molecular flexibility index (Phi) is 8.12. The number of hydrogen-bond donors (Lipinski definition) is 0. The predicted octanol–water partition coefficient (Wildman–Crippen LogP) is 1.39. The highest BCUT2D eigenvalue weighted by molar-refractivity contribution is 5.54. The molecule has 0 N–H and O–H groups in total. The zero-order chi connectivity index (χ0) is 9.23. The second-order valence-electron chi connectivity index (χ2n) is 2.73. The van der Waals surface area contributed by atoms with Crippen LogP contribution in [0, 0.1) is 0 Å². The van der Waals surface area contributed by atoms with Crippen LogP contribution < -0.4 is 0 Å². The Morgan fingerprint density at radius 1 is 1.33 bits per heavy atom. The quantitative estimate of drug-likeness (QED) is 0.441. The summed E-state index contributed by atoms with van der Waals surface area (Å²) in [5.41, 5.74) is 0. The second kappa shape index (κ2) is 8.53. The molecule has 0 bridgehead atoms. The van der Waals surface area contributed by atoms with Gasteiger partial charge in [0.1, 0.15) is 0 Å². The minimum atomic E-state index is 0.839. The Bertz CT molecular complexity index is 109. The summed E-state index contributed by atoms with van der Waals surface area (Å²) in [5, 5.41) is 0. The summed E-state index contributed by atoms with van der Waals surface area (Å²) in [5.74, 6) is 0. The van der Waals surface area contributed by atoms with Crippen molar-refractivity contribution >= 4 is 6.34 Å². The summed E-state index contributed by atoms with van der Waals surface area (Å²) >= 11 is 0. The number of rotatable bonds is 1. The molecule has 0 amide bonds. The summed E-state index contributed by atoms with van der Waals surface area (Å²) in [4.78, 5) is 6.06. The summed E-state index contributed by atoms with van der Waals surface area (Å²) in [6.45, 7) is 7.90. The van der Waals surface area contributed by atoms with E-state index in [2.05, 4.69) is 23.7 Å². The molecule has 12 heavy (non-hydrogen) atoms. The van der Waals surface area contributed by atoms with Crippen molar-refractivity contribution in [3.63, 3.8) is 0 Å². The maximum atomic E-state index is 5.14. The second-order valence-corrected chi connectivity index (χ2v) is 2.73. The number of ether oxygens (including phenoxy) is 1. The average molecular weight is 172 g/mol. The van der Waals surface area contributed by atoms with Gasteiger partial charge in [-0.05, 0) is 0 Å². The molecule has 0 radical (unpaired) electrons. The van der Waals surface area contributed by atoms with Gasteiger partial charge in [-0.25, -0.2) is 0 Å². The predicted molar refractivity (Wildman–Crippen MR) is 52.8 cm³/mol. The number of hydrogen-bond acceptors (Lipinski definition) is 2. The third kappa shape index (κ3) is 6.16. The van der Waals surface area contributed by atoms with Gasteiger partial charge in [0.2, 0.25) is 0 Å². The number of nitrogens with zero attached hydrogens (tertiary/aromatic N) is 2. The molecule has 0 aromatic heterocycles. The normalized spacial score (nSPS) is 17.4. The summed E-state index contributed by atoms with van der Waals surface area (Å²) in [6.07, 6.45) is 3.11. The molecule has 0 spiro atoms. The highest BCUT2D eigenvalue weighted by Crippen LogP contribution is 1.91. The van der Waals surface area contributed by atoms with E-state index in [1.54, 1.807) is 7.05 Å². The molecule has 3 nitrogen and oxygen atoms in total. The average Bonchev–Trinajstić information content (AvgIpc) is 2.08. The highest BCUT2D eigenvalue weighted by atomic mass is 16.5. The molecule has 72 valence electrons. The molecule has 1 heterocycles. The van der Waals surface area contributed by atoms with Gasteiger partial charge in [0.15, 0.2) is 0 Å². The van der Waals surface area contributed by atoms with E-state index < -0.39 is 0 Å². The van der Waals surface area contributed by atoms with Crippen molar-refractivity contribution < 1.29 is 4.74 Å². The van der Waals surface area contributed by atoms with Gasteiger partial charge in [-0.3, -0.25) is 4.99 Å². The minimum Gasteiger partial charge on any atom is -0.378 e. The van der Waals surface area contributed by atoms with Crippen LogP contribution in [-0.2, 0) is 4.74 Å². The Hall–Kier alpha value is -0.570. The molecule has 0 atom stereocenters. The largest absolute Gasteiger partial charge is 0.378 e. The Morgan fingerprint density at radius 2 is 1.83 bits per heavy atom. The van der Waals surface area contributed by atoms with Crippen molar-refractivity contribution in [3.05, 3.63) is 0 Å². The Labute approximate surface area is 75.4 Å². The van der Waals surface area contributed by atoms with E-state index >= 15 is 0 Å². The molecular weight excluding hydrogens is 152 g/mol. The fraction of sp³-hybridized carbons (Fsp3) is 0.889. The zero-order valence-corrected chi connectivity index (χ0v) is 8.42. The molecule has 1 aliphatic rings. The van der Waals surface area contributed by atoms with Crippen molar-refractivity contribution in [1.29, 1.82) is 0 Å². The minimum absolute atomic E-state index is 0.839.